The molecular formula is C19H21N3O2. The quantitative estimate of drug-likeness (QED) is 0.724. The lowest BCUT2D eigenvalue weighted by molar-refractivity contribution is 0.121. The third kappa shape index (κ3) is 3.08. The van der Waals surface area contributed by atoms with Crippen LogP contribution in [0.15, 0.2) is 54.6 Å². The van der Waals surface area contributed by atoms with Crippen molar-refractivity contribution in [2.24, 2.45) is 0 Å². The van der Waals surface area contributed by atoms with Crippen LogP contribution in [0.4, 0.5) is 5.95 Å². The Balaban J connectivity index is 1.57. The molecule has 0 unspecified atom stereocenters. The lowest BCUT2D eigenvalue weighted by Gasteiger charge is -2.28. The molecule has 5 nitrogen and oxygen atoms in total. The highest BCUT2D eigenvalue weighted by atomic mass is 16.5. The summed E-state index contributed by atoms with van der Waals surface area (Å²) in [4.78, 5) is 7.14. The number of fused-ring (bicyclic) bond motifs is 1. The first-order valence-electron chi connectivity index (χ1n) is 8.37. The van der Waals surface area contributed by atoms with Crippen molar-refractivity contribution in [2.75, 3.05) is 37.8 Å². The number of ether oxygens (including phenoxy) is 2. The zero-order chi connectivity index (χ0) is 16.2. The van der Waals surface area contributed by atoms with Gasteiger partial charge in [0.15, 0.2) is 0 Å². The third-order valence-corrected chi connectivity index (χ3v) is 4.26. The molecule has 2 heterocycles. The number of benzene rings is 2. The maximum absolute atomic E-state index is 5.88. The van der Waals surface area contributed by atoms with E-state index in [0.717, 1.165) is 55.6 Å². The minimum absolute atomic E-state index is 0.613. The second kappa shape index (κ2) is 6.93. The van der Waals surface area contributed by atoms with Crippen molar-refractivity contribution in [3.8, 4) is 5.75 Å². The summed E-state index contributed by atoms with van der Waals surface area (Å²) >= 11 is 0. The van der Waals surface area contributed by atoms with Gasteiger partial charge in [0, 0.05) is 13.1 Å². The molecule has 0 bridgehead atoms. The van der Waals surface area contributed by atoms with Gasteiger partial charge < -0.3 is 18.9 Å². The molecule has 0 N–H and O–H groups in total. The number of nitrogens with zero attached hydrogens (tertiary/aromatic N) is 3. The lowest BCUT2D eigenvalue weighted by Crippen LogP contribution is -2.38. The maximum Gasteiger partial charge on any atom is 0.206 e. The SMILES string of the molecule is c1ccc(OCCn2c(N3CCOCC3)nc3ccccc32)cc1. The number of rotatable bonds is 5. The Kier molecular flexibility index (Phi) is 4.34. The van der Waals surface area contributed by atoms with E-state index in [4.69, 9.17) is 14.5 Å². The first-order chi connectivity index (χ1) is 11.9. The zero-order valence-corrected chi connectivity index (χ0v) is 13.6. The van der Waals surface area contributed by atoms with E-state index in [1.54, 1.807) is 0 Å². The summed E-state index contributed by atoms with van der Waals surface area (Å²) in [7, 11) is 0. The number of aromatic nitrogens is 2. The first-order valence-corrected chi connectivity index (χ1v) is 8.37. The molecule has 1 aliphatic rings. The summed E-state index contributed by atoms with van der Waals surface area (Å²) < 4.78 is 13.6. The van der Waals surface area contributed by atoms with E-state index >= 15 is 0 Å². The van der Waals surface area contributed by atoms with E-state index in [1.807, 2.05) is 36.4 Å². The van der Waals surface area contributed by atoms with Crippen molar-refractivity contribution in [3.63, 3.8) is 0 Å². The predicted molar refractivity (Wildman–Crippen MR) is 94.7 cm³/mol. The fourth-order valence-electron chi connectivity index (χ4n) is 3.06. The van der Waals surface area contributed by atoms with Gasteiger partial charge in [0.2, 0.25) is 5.95 Å². The molecular weight excluding hydrogens is 302 g/mol. The molecule has 4 rings (SSSR count). The Morgan fingerprint density at radius 2 is 1.71 bits per heavy atom. The van der Waals surface area contributed by atoms with Gasteiger partial charge in [0.25, 0.3) is 0 Å². The van der Waals surface area contributed by atoms with Crippen molar-refractivity contribution in [2.45, 2.75) is 6.54 Å². The van der Waals surface area contributed by atoms with E-state index < -0.39 is 0 Å². The van der Waals surface area contributed by atoms with Crippen LogP contribution in [0, 0.1) is 0 Å². The summed E-state index contributed by atoms with van der Waals surface area (Å²) in [5.41, 5.74) is 2.18. The van der Waals surface area contributed by atoms with E-state index in [0.29, 0.717) is 6.61 Å². The molecule has 124 valence electrons. The molecule has 1 fully saturated rings. The number of hydrogen-bond donors (Lipinski definition) is 0. The highest BCUT2D eigenvalue weighted by Crippen LogP contribution is 2.23. The van der Waals surface area contributed by atoms with Crippen LogP contribution in [-0.4, -0.2) is 42.5 Å². The van der Waals surface area contributed by atoms with Crippen LogP contribution in [0.1, 0.15) is 0 Å². The second-order valence-corrected chi connectivity index (χ2v) is 5.81. The van der Waals surface area contributed by atoms with Crippen LogP contribution in [0.5, 0.6) is 5.75 Å². The van der Waals surface area contributed by atoms with E-state index in [-0.39, 0.29) is 0 Å². The minimum atomic E-state index is 0.613. The number of anilines is 1. The van der Waals surface area contributed by atoms with E-state index in [1.165, 1.54) is 0 Å². The van der Waals surface area contributed by atoms with Crippen LogP contribution in [-0.2, 0) is 11.3 Å². The topological polar surface area (TPSA) is 39.5 Å². The standard InChI is InChI=1S/C19H21N3O2/c1-2-6-16(7-3-1)24-15-12-22-18-9-5-4-8-17(18)20-19(22)21-10-13-23-14-11-21/h1-9H,10-15H2. The Labute approximate surface area is 141 Å². The fourth-order valence-corrected chi connectivity index (χ4v) is 3.06. The van der Waals surface area contributed by atoms with Crippen LogP contribution in [0.3, 0.4) is 0 Å². The summed E-state index contributed by atoms with van der Waals surface area (Å²) in [6.07, 6.45) is 0. The van der Waals surface area contributed by atoms with Crippen molar-refractivity contribution in [3.05, 3.63) is 54.6 Å². The molecule has 0 amide bonds. The third-order valence-electron chi connectivity index (χ3n) is 4.26. The minimum Gasteiger partial charge on any atom is -0.492 e. The molecule has 0 saturated carbocycles. The average molecular weight is 323 g/mol. The number of morpholine rings is 1. The van der Waals surface area contributed by atoms with Gasteiger partial charge >= 0.3 is 0 Å². The smallest absolute Gasteiger partial charge is 0.206 e. The van der Waals surface area contributed by atoms with Crippen molar-refractivity contribution < 1.29 is 9.47 Å². The molecule has 0 atom stereocenters. The van der Waals surface area contributed by atoms with Crippen LogP contribution >= 0.6 is 0 Å². The molecule has 0 spiro atoms. The average Bonchev–Trinajstić information content (AvgIpc) is 3.02. The molecule has 0 aliphatic carbocycles. The predicted octanol–water partition coefficient (Wildman–Crippen LogP) is 2.95. The van der Waals surface area contributed by atoms with Gasteiger partial charge in [-0.3, -0.25) is 0 Å². The number of imidazole rings is 1. The normalized spacial score (nSPS) is 14.9. The van der Waals surface area contributed by atoms with E-state index in [9.17, 15) is 0 Å². The Morgan fingerprint density at radius 1 is 0.958 bits per heavy atom. The van der Waals surface area contributed by atoms with Crippen LogP contribution in [0.25, 0.3) is 11.0 Å². The molecule has 1 saturated heterocycles. The summed E-state index contributed by atoms with van der Waals surface area (Å²) in [5, 5.41) is 0. The molecule has 0 radical (unpaired) electrons. The molecule has 24 heavy (non-hydrogen) atoms. The Hall–Kier alpha value is -2.53. The van der Waals surface area contributed by atoms with Gasteiger partial charge in [0.05, 0.1) is 30.8 Å². The fraction of sp³-hybridized carbons (Fsp3) is 0.316. The number of hydrogen-bond acceptors (Lipinski definition) is 4. The largest absolute Gasteiger partial charge is 0.492 e. The monoisotopic (exact) mass is 323 g/mol. The molecule has 1 aliphatic heterocycles. The summed E-state index contributed by atoms with van der Waals surface area (Å²) in [5.74, 6) is 1.91. The van der Waals surface area contributed by atoms with Crippen molar-refractivity contribution >= 4 is 17.0 Å². The van der Waals surface area contributed by atoms with Gasteiger partial charge in [-0.1, -0.05) is 30.3 Å². The van der Waals surface area contributed by atoms with Crippen LogP contribution in [0.2, 0.25) is 0 Å². The van der Waals surface area contributed by atoms with Gasteiger partial charge in [-0.25, -0.2) is 4.98 Å². The molecule has 1 aromatic heterocycles. The van der Waals surface area contributed by atoms with Crippen molar-refractivity contribution in [1.82, 2.24) is 9.55 Å². The van der Waals surface area contributed by atoms with E-state index in [2.05, 4.69) is 27.7 Å². The molecule has 5 heteroatoms. The highest BCUT2D eigenvalue weighted by Gasteiger charge is 2.19. The summed E-state index contributed by atoms with van der Waals surface area (Å²) in [6.45, 7) is 4.64. The Morgan fingerprint density at radius 3 is 2.54 bits per heavy atom. The first kappa shape index (κ1) is 15.0. The van der Waals surface area contributed by atoms with Gasteiger partial charge in [-0.2, -0.15) is 0 Å². The second-order valence-electron chi connectivity index (χ2n) is 5.81. The maximum atomic E-state index is 5.88. The van der Waals surface area contributed by atoms with Crippen LogP contribution < -0.4 is 9.64 Å². The zero-order valence-electron chi connectivity index (χ0n) is 13.6. The summed E-state index contributed by atoms with van der Waals surface area (Å²) in [6, 6.07) is 18.2. The van der Waals surface area contributed by atoms with Gasteiger partial charge in [-0.05, 0) is 24.3 Å². The molecule has 2 aromatic carbocycles. The van der Waals surface area contributed by atoms with Gasteiger partial charge in [-0.15, -0.1) is 0 Å². The van der Waals surface area contributed by atoms with Gasteiger partial charge in [0.1, 0.15) is 12.4 Å². The number of para-hydroxylation sites is 3. The lowest BCUT2D eigenvalue weighted by atomic mass is 10.3. The Bertz CT molecular complexity index is 795. The molecule has 3 aromatic rings. The van der Waals surface area contributed by atoms with Crippen molar-refractivity contribution in [1.29, 1.82) is 0 Å². The highest BCUT2D eigenvalue weighted by molar-refractivity contribution is 5.78.